The Bertz CT molecular complexity index is 617. The molecule has 1 aliphatic carbocycles. The Morgan fingerprint density at radius 3 is 1.52 bits per heavy atom. The van der Waals surface area contributed by atoms with Crippen molar-refractivity contribution in [2.24, 2.45) is 5.41 Å². The second kappa shape index (κ2) is 7.74. The van der Waals surface area contributed by atoms with Crippen LogP contribution < -0.4 is 0 Å². The number of rotatable bonds is 3. The maximum absolute atomic E-state index is 13.0. The Kier molecular flexibility index (Phi) is 5.57. The number of amides is 4. The number of carbonyl (C=O) groups excluding carboxylic acids is 4. The van der Waals surface area contributed by atoms with Crippen LogP contribution in [0.3, 0.4) is 0 Å². The summed E-state index contributed by atoms with van der Waals surface area (Å²) in [6.07, 6.45) is 0.802. The fourth-order valence-electron chi connectivity index (χ4n) is 3.78. The third-order valence-electron chi connectivity index (χ3n) is 5.67. The molecule has 1 saturated carbocycles. The quantitative estimate of drug-likeness (QED) is 0.630. The standard InChI is InChI=1S/C18H28N4O5/c1-3-27-17(26)22-12-10-21(11-13-22)16(25)18(4-5-18)15(24)20-8-6-19(7-9-20)14(2)23/h3-13H2,1-2H3. The van der Waals surface area contributed by atoms with E-state index < -0.39 is 5.41 Å². The zero-order valence-corrected chi connectivity index (χ0v) is 16.1. The van der Waals surface area contributed by atoms with Crippen molar-refractivity contribution >= 4 is 23.8 Å². The van der Waals surface area contributed by atoms with Crippen LogP contribution in [-0.4, -0.2) is 102 Å². The van der Waals surface area contributed by atoms with Crippen LogP contribution >= 0.6 is 0 Å². The predicted octanol–water partition coefficient (Wildman–Crippen LogP) is -0.242. The van der Waals surface area contributed by atoms with E-state index in [4.69, 9.17) is 4.74 Å². The molecule has 150 valence electrons. The smallest absolute Gasteiger partial charge is 0.409 e. The normalized spacial score (nSPS) is 21.7. The van der Waals surface area contributed by atoms with Gasteiger partial charge in [0, 0.05) is 59.3 Å². The lowest BCUT2D eigenvalue weighted by molar-refractivity contribution is -0.152. The first-order chi connectivity index (χ1) is 12.9. The molecule has 0 unspecified atom stereocenters. The molecule has 3 fully saturated rings. The van der Waals surface area contributed by atoms with E-state index in [2.05, 4.69) is 0 Å². The minimum absolute atomic E-state index is 0.0128. The van der Waals surface area contributed by atoms with Gasteiger partial charge in [0.15, 0.2) is 0 Å². The summed E-state index contributed by atoms with van der Waals surface area (Å²) in [7, 11) is 0. The van der Waals surface area contributed by atoms with Gasteiger partial charge in [0.05, 0.1) is 6.61 Å². The van der Waals surface area contributed by atoms with Crippen LogP contribution in [0.2, 0.25) is 0 Å². The maximum Gasteiger partial charge on any atom is 0.409 e. The summed E-state index contributed by atoms with van der Waals surface area (Å²) < 4.78 is 4.99. The summed E-state index contributed by atoms with van der Waals surface area (Å²) in [6.45, 7) is 7.29. The molecule has 0 N–H and O–H groups in total. The molecule has 0 bridgehead atoms. The van der Waals surface area contributed by atoms with E-state index in [1.807, 2.05) is 0 Å². The SMILES string of the molecule is CCOC(=O)N1CCN(C(=O)C2(C(=O)N3CCN(C(C)=O)CC3)CC2)CC1. The first-order valence-electron chi connectivity index (χ1n) is 9.65. The van der Waals surface area contributed by atoms with Crippen molar-refractivity contribution in [2.45, 2.75) is 26.7 Å². The van der Waals surface area contributed by atoms with Crippen molar-refractivity contribution in [1.29, 1.82) is 0 Å². The van der Waals surface area contributed by atoms with Crippen molar-refractivity contribution in [1.82, 2.24) is 19.6 Å². The minimum atomic E-state index is -0.926. The largest absolute Gasteiger partial charge is 0.450 e. The van der Waals surface area contributed by atoms with Gasteiger partial charge in [-0.25, -0.2) is 4.79 Å². The zero-order chi connectivity index (χ0) is 19.6. The molecule has 0 aromatic heterocycles. The Labute approximate surface area is 159 Å². The van der Waals surface area contributed by atoms with Crippen molar-refractivity contribution in [2.75, 3.05) is 59.0 Å². The Morgan fingerprint density at radius 1 is 0.741 bits per heavy atom. The summed E-state index contributed by atoms with van der Waals surface area (Å²) in [5, 5.41) is 0. The Hall–Kier alpha value is -2.32. The topological polar surface area (TPSA) is 90.5 Å². The molecule has 3 rings (SSSR count). The van der Waals surface area contributed by atoms with Gasteiger partial charge >= 0.3 is 6.09 Å². The molecule has 3 aliphatic rings. The van der Waals surface area contributed by atoms with Crippen LogP contribution in [-0.2, 0) is 19.1 Å². The molecule has 0 spiro atoms. The highest BCUT2D eigenvalue weighted by Gasteiger charge is 2.59. The minimum Gasteiger partial charge on any atom is -0.450 e. The first-order valence-corrected chi connectivity index (χ1v) is 9.65. The lowest BCUT2D eigenvalue weighted by Gasteiger charge is -2.38. The van der Waals surface area contributed by atoms with Gasteiger partial charge in [0.25, 0.3) is 0 Å². The van der Waals surface area contributed by atoms with Crippen LogP contribution in [0.5, 0.6) is 0 Å². The fraction of sp³-hybridized carbons (Fsp3) is 0.778. The second-order valence-electron chi connectivity index (χ2n) is 7.36. The molecular formula is C18H28N4O5. The van der Waals surface area contributed by atoms with Gasteiger partial charge in [-0.1, -0.05) is 0 Å². The van der Waals surface area contributed by atoms with Gasteiger partial charge < -0.3 is 24.3 Å². The number of hydrogen-bond donors (Lipinski definition) is 0. The Morgan fingerprint density at radius 2 is 1.15 bits per heavy atom. The molecule has 0 aromatic rings. The van der Waals surface area contributed by atoms with Crippen molar-refractivity contribution in [3.05, 3.63) is 0 Å². The van der Waals surface area contributed by atoms with E-state index in [1.54, 1.807) is 26.5 Å². The summed E-state index contributed by atoms with van der Waals surface area (Å²) in [5.41, 5.74) is -0.926. The number of nitrogens with zero attached hydrogens (tertiary/aromatic N) is 4. The maximum atomic E-state index is 13.0. The van der Waals surface area contributed by atoms with E-state index >= 15 is 0 Å². The highest BCUT2D eigenvalue weighted by atomic mass is 16.6. The molecule has 0 aromatic carbocycles. The molecule has 0 atom stereocenters. The van der Waals surface area contributed by atoms with E-state index in [0.29, 0.717) is 71.8 Å². The summed E-state index contributed by atoms with van der Waals surface area (Å²) in [6, 6.07) is 0. The van der Waals surface area contributed by atoms with Crippen molar-refractivity contribution in [3.63, 3.8) is 0 Å². The molecule has 2 saturated heterocycles. The van der Waals surface area contributed by atoms with E-state index in [9.17, 15) is 19.2 Å². The van der Waals surface area contributed by atoms with Gasteiger partial charge in [0.1, 0.15) is 5.41 Å². The highest BCUT2D eigenvalue weighted by molar-refractivity contribution is 6.08. The average molecular weight is 380 g/mol. The molecule has 2 aliphatic heterocycles. The zero-order valence-electron chi connectivity index (χ0n) is 16.1. The van der Waals surface area contributed by atoms with E-state index in [1.165, 1.54) is 6.92 Å². The van der Waals surface area contributed by atoms with Gasteiger partial charge in [0.2, 0.25) is 17.7 Å². The lowest BCUT2D eigenvalue weighted by Crippen LogP contribution is -2.57. The predicted molar refractivity (Wildman–Crippen MR) is 95.7 cm³/mol. The summed E-state index contributed by atoms with van der Waals surface area (Å²) >= 11 is 0. The molecule has 9 nitrogen and oxygen atoms in total. The van der Waals surface area contributed by atoms with Crippen LogP contribution in [0.15, 0.2) is 0 Å². The molecule has 0 radical (unpaired) electrons. The Balaban J connectivity index is 1.55. The van der Waals surface area contributed by atoms with Crippen molar-refractivity contribution in [3.8, 4) is 0 Å². The molecule has 2 heterocycles. The number of hydrogen-bond acceptors (Lipinski definition) is 5. The third kappa shape index (κ3) is 3.86. The van der Waals surface area contributed by atoms with Crippen LogP contribution in [0.4, 0.5) is 4.79 Å². The summed E-state index contributed by atoms with van der Waals surface area (Å²) in [4.78, 5) is 56.0. The van der Waals surface area contributed by atoms with Crippen LogP contribution in [0.25, 0.3) is 0 Å². The summed E-state index contributed by atoms with van der Waals surface area (Å²) in [5.74, 6) is -0.215. The van der Waals surface area contributed by atoms with Crippen LogP contribution in [0, 0.1) is 5.41 Å². The highest BCUT2D eigenvalue weighted by Crippen LogP contribution is 2.49. The number of ether oxygens (including phenoxy) is 1. The van der Waals surface area contributed by atoms with Gasteiger partial charge in [-0.15, -0.1) is 0 Å². The average Bonchev–Trinajstić information content (AvgIpc) is 3.49. The molecular weight excluding hydrogens is 352 g/mol. The van der Waals surface area contributed by atoms with E-state index in [-0.39, 0.29) is 23.8 Å². The van der Waals surface area contributed by atoms with E-state index in [0.717, 1.165) is 0 Å². The second-order valence-corrected chi connectivity index (χ2v) is 7.36. The monoisotopic (exact) mass is 380 g/mol. The first kappa shape index (κ1) is 19.4. The fourth-order valence-corrected chi connectivity index (χ4v) is 3.78. The van der Waals surface area contributed by atoms with Gasteiger partial charge in [-0.05, 0) is 19.8 Å². The van der Waals surface area contributed by atoms with Gasteiger partial charge in [-0.3, -0.25) is 14.4 Å². The number of carbonyl (C=O) groups is 4. The molecule has 27 heavy (non-hydrogen) atoms. The lowest BCUT2D eigenvalue weighted by atomic mass is 10.0. The molecule has 9 heteroatoms. The van der Waals surface area contributed by atoms with Crippen LogP contribution in [0.1, 0.15) is 26.7 Å². The molecule has 4 amide bonds. The van der Waals surface area contributed by atoms with Crippen molar-refractivity contribution < 1.29 is 23.9 Å². The third-order valence-corrected chi connectivity index (χ3v) is 5.67. The number of piperazine rings is 2. The van der Waals surface area contributed by atoms with Gasteiger partial charge in [-0.2, -0.15) is 0 Å².